The highest BCUT2D eigenvalue weighted by Gasteiger charge is 2.18. The van der Waals surface area contributed by atoms with Crippen LogP contribution in [0.1, 0.15) is 0 Å². The fraction of sp³-hybridized carbons (Fsp3) is 0.400. The summed E-state index contributed by atoms with van der Waals surface area (Å²) in [4.78, 5) is 12.4. The second kappa shape index (κ2) is 6.19. The van der Waals surface area contributed by atoms with Gasteiger partial charge in [0.25, 0.3) is 6.43 Å². The van der Waals surface area contributed by atoms with Gasteiger partial charge in [0.2, 0.25) is 11.7 Å². The molecule has 0 fully saturated rings. The molecule has 0 saturated carbocycles. The minimum absolute atomic E-state index is 0.204. The molecule has 108 valence electrons. The number of rotatable bonds is 6. The maximum absolute atomic E-state index is 12.0. The SMILES string of the molecule is O=C(Cn1nnc(-c2ccco2)n1)NCC(O)C(F)F. The van der Waals surface area contributed by atoms with Crippen molar-refractivity contribution in [3.8, 4) is 11.6 Å². The maximum Gasteiger partial charge on any atom is 0.265 e. The summed E-state index contributed by atoms with van der Waals surface area (Å²) < 4.78 is 29.1. The number of nitrogens with one attached hydrogen (secondary N) is 1. The minimum Gasteiger partial charge on any atom is -0.461 e. The molecule has 0 aliphatic carbocycles. The Balaban J connectivity index is 1.86. The highest BCUT2D eigenvalue weighted by Crippen LogP contribution is 2.12. The van der Waals surface area contributed by atoms with E-state index in [1.807, 2.05) is 0 Å². The molecule has 0 radical (unpaired) electrons. The van der Waals surface area contributed by atoms with Crippen molar-refractivity contribution in [3.63, 3.8) is 0 Å². The second-order valence-electron chi connectivity index (χ2n) is 3.83. The van der Waals surface area contributed by atoms with E-state index >= 15 is 0 Å². The van der Waals surface area contributed by atoms with Crippen LogP contribution in [0, 0.1) is 0 Å². The molecule has 0 aromatic carbocycles. The number of furan rings is 1. The Labute approximate surface area is 111 Å². The third kappa shape index (κ3) is 3.57. The third-order valence-corrected chi connectivity index (χ3v) is 2.28. The fourth-order valence-electron chi connectivity index (χ4n) is 1.31. The van der Waals surface area contributed by atoms with E-state index in [4.69, 9.17) is 9.52 Å². The van der Waals surface area contributed by atoms with Crippen LogP contribution in [0.4, 0.5) is 8.78 Å². The van der Waals surface area contributed by atoms with Crippen molar-refractivity contribution in [2.45, 2.75) is 19.1 Å². The summed E-state index contributed by atoms with van der Waals surface area (Å²) in [5.41, 5.74) is 0. The average Bonchev–Trinajstić information content (AvgIpc) is 3.05. The lowest BCUT2D eigenvalue weighted by atomic mass is 10.3. The van der Waals surface area contributed by atoms with Crippen LogP contribution >= 0.6 is 0 Å². The molecule has 2 aromatic rings. The van der Waals surface area contributed by atoms with Crippen LogP contribution in [0.25, 0.3) is 11.6 Å². The first-order valence-electron chi connectivity index (χ1n) is 5.61. The van der Waals surface area contributed by atoms with E-state index in [0.717, 1.165) is 4.80 Å². The molecule has 8 nitrogen and oxygen atoms in total. The summed E-state index contributed by atoms with van der Waals surface area (Å²) in [5, 5.41) is 22.2. The van der Waals surface area contributed by atoms with Gasteiger partial charge in [-0.05, 0) is 17.3 Å². The molecular formula is C10H11F2N5O3. The molecule has 0 bridgehead atoms. The zero-order chi connectivity index (χ0) is 14.5. The Kier molecular flexibility index (Phi) is 4.35. The number of nitrogens with zero attached hydrogens (tertiary/aromatic N) is 4. The number of halogens is 2. The summed E-state index contributed by atoms with van der Waals surface area (Å²) in [6.45, 7) is -0.847. The predicted molar refractivity (Wildman–Crippen MR) is 60.5 cm³/mol. The van der Waals surface area contributed by atoms with Crippen LogP contribution in [-0.2, 0) is 11.3 Å². The van der Waals surface area contributed by atoms with Gasteiger partial charge in [-0.1, -0.05) is 0 Å². The van der Waals surface area contributed by atoms with Crippen molar-refractivity contribution in [2.24, 2.45) is 0 Å². The zero-order valence-electron chi connectivity index (χ0n) is 10.1. The van der Waals surface area contributed by atoms with E-state index in [9.17, 15) is 13.6 Å². The van der Waals surface area contributed by atoms with E-state index in [0.29, 0.717) is 5.76 Å². The Morgan fingerprint density at radius 3 is 3.00 bits per heavy atom. The summed E-state index contributed by atoms with van der Waals surface area (Å²) >= 11 is 0. The molecule has 2 heterocycles. The number of hydrogen-bond donors (Lipinski definition) is 2. The number of tetrazole rings is 1. The van der Waals surface area contributed by atoms with Gasteiger partial charge >= 0.3 is 0 Å². The minimum atomic E-state index is -2.91. The van der Waals surface area contributed by atoms with Gasteiger partial charge in [-0.3, -0.25) is 4.79 Å². The van der Waals surface area contributed by atoms with Gasteiger partial charge in [0.05, 0.1) is 6.26 Å². The molecule has 2 N–H and O–H groups in total. The number of alkyl halides is 2. The summed E-state index contributed by atoms with van der Waals surface area (Å²) in [6.07, 6.45) is -3.37. The molecule has 10 heteroatoms. The van der Waals surface area contributed by atoms with Gasteiger partial charge < -0.3 is 14.8 Å². The topological polar surface area (TPSA) is 106 Å². The second-order valence-corrected chi connectivity index (χ2v) is 3.83. The average molecular weight is 287 g/mol. The van der Waals surface area contributed by atoms with Crippen LogP contribution in [0.5, 0.6) is 0 Å². The van der Waals surface area contributed by atoms with Crippen LogP contribution in [0.2, 0.25) is 0 Å². The lowest BCUT2D eigenvalue weighted by Crippen LogP contribution is -2.37. The number of carbonyl (C=O) groups is 1. The molecule has 2 rings (SSSR count). The van der Waals surface area contributed by atoms with Gasteiger partial charge in [-0.2, -0.15) is 4.80 Å². The standard InChI is InChI=1S/C10H11F2N5O3/c11-9(12)6(18)4-13-8(19)5-17-15-10(14-16-17)7-2-1-3-20-7/h1-3,6,9,18H,4-5H2,(H,13,19). The summed E-state index contributed by atoms with van der Waals surface area (Å²) in [7, 11) is 0. The smallest absolute Gasteiger partial charge is 0.265 e. The molecule has 0 aliphatic rings. The lowest BCUT2D eigenvalue weighted by molar-refractivity contribution is -0.123. The summed E-state index contributed by atoms with van der Waals surface area (Å²) in [6, 6.07) is 3.27. The van der Waals surface area contributed by atoms with Gasteiger partial charge in [0.15, 0.2) is 5.76 Å². The van der Waals surface area contributed by atoms with E-state index in [1.54, 1.807) is 12.1 Å². The fourth-order valence-corrected chi connectivity index (χ4v) is 1.31. The normalized spacial score (nSPS) is 12.6. The van der Waals surface area contributed by atoms with Crippen LogP contribution in [0.3, 0.4) is 0 Å². The van der Waals surface area contributed by atoms with Crippen molar-refractivity contribution < 1.29 is 23.1 Å². The first-order valence-corrected chi connectivity index (χ1v) is 5.61. The largest absolute Gasteiger partial charge is 0.461 e. The van der Waals surface area contributed by atoms with Crippen LogP contribution in [0.15, 0.2) is 22.8 Å². The number of carbonyl (C=O) groups excluding carboxylic acids is 1. The van der Waals surface area contributed by atoms with E-state index in [2.05, 4.69) is 20.7 Å². The number of aliphatic hydroxyl groups excluding tert-OH is 1. The molecule has 1 unspecified atom stereocenters. The Morgan fingerprint density at radius 1 is 1.55 bits per heavy atom. The van der Waals surface area contributed by atoms with Crippen molar-refractivity contribution >= 4 is 5.91 Å². The Morgan fingerprint density at radius 2 is 2.35 bits per heavy atom. The molecule has 1 amide bonds. The number of aromatic nitrogens is 4. The summed E-state index contributed by atoms with van der Waals surface area (Å²) in [5.74, 6) is -0.0201. The van der Waals surface area contributed by atoms with Gasteiger partial charge in [0, 0.05) is 6.54 Å². The van der Waals surface area contributed by atoms with Gasteiger partial charge in [-0.25, -0.2) is 8.78 Å². The van der Waals surface area contributed by atoms with Gasteiger partial charge in [0.1, 0.15) is 12.6 Å². The maximum atomic E-state index is 12.0. The number of hydrogen-bond acceptors (Lipinski definition) is 6. The van der Waals surface area contributed by atoms with Crippen molar-refractivity contribution in [1.29, 1.82) is 0 Å². The van der Waals surface area contributed by atoms with Gasteiger partial charge in [-0.15, -0.1) is 10.2 Å². The molecular weight excluding hydrogens is 276 g/mol. The predicted octanol–water partition coefficient (Wildman–Crippen LogP) is -0.325. The molecule has 20 heavy (non-hydrogen) atoms. The molecule has 0 saturated heterocycles. The van der Waals surface area contributed by atoms with Crippen molar-refractivity contribution in [1.82, 2.24) is 25.5 Å². The highest BCUT2D eigenvalue weighted by atomic mass is 19.3. The molecule has 2 aromatic heterocycles. The van der Waals surface area contributed by atoms with E-state index in [1.165, 1.54) is 6.26 Å². The quantitative estimate of drug-likeness (QED) is 0.754. The highest BCUT2D eigenvalue weighted by molar-refractivity contribution is 5.75. The van der Waals surface area contributed by atoms with Crippen molar-refractivity contribution in [3.05, 3.63) is 18.4 Å². The van der Waals surface area contributed by atoms with E-state index < -0.39 is 25.0 Å². The molecule has 0 spiro atoms. The first-order chi connectivity index (χ1) is 9.56. The molecule has 0 aliphatic heterocycles. The van der Waals surface area contributed by atoms with E-state index in [-0.39, 0.29) is 12.4 Å². The number of aliphatic hydroxyl groups is 1. The first kappa shape index (κ1) is 14.1. The molecule has 1 atom stereocenters. The lowest BCUT2D eigenvalue weighted by Gasteiger charge is -2.09. The van der Waals surface area contributed by atoms with Crippen LogP contribution < -0.4 is 5.32 Å². The van der Waals surface area contributed by atoms with Crippen molar-refractivity contribution in [2.75, 3.05) is 6.54 Å². The third-order valence-electron chi connectivity index (χ3n) is 2.28. The Hall–Kier alpha value is -2.36. The monoisotopic (exact) mass is 287 g/mol. The van der Waals surface area contributed by atoms with Crippen LogP contribution in [-0.4, -0.2) is 50.3 Å². The zero-order valence-corrected chi connectivity index (χ0v) is 10.1. The Bertz CT molecular complexity index is 557. The number of amides is 1.